The van der Waals surface area contributed by atoms with Gasteiger partial charge in [0.1, 0.15) is 4.46 Å². The average molecular weight is 210 g/mol. The maximum absolute atomic E-state index is 5.58. The molecule has 0 radical (unpaired) electrons. The molecule has 0 heterocycles. The zero-order valence-electron chi connectivity index (χ0n) is 3.87. The fourth-order valence-corrected chi connectivity index (χ4v) is 0.802. The molecule has 0 fully saturated rings. The molecule has 0 saturated carbocycles. The van der Waals surface area contributed by atoms with Crippen LogP contribution in [0.5, 0.6) is 0 Å². The Morgan fingerprint density at radius 3 is 1.75 bits per heavy atom. The van der Waals surface area contributed by atoms with Gasteiger partial charge in [-0.05, 0) is 0 Å². The Morgan fingerprint density at radius 1 is 1.38 bits per heavy atom. The van der Waals surface area contributed by atoms with Crippen molar-refractivity contribution in [1.82, 2.24) is 0 Å². The number of hydrogen-bond donors (Lipinski definition) is 0. The molecule has 0 aliphatic carbocycles. The van der Waals surface area contributed by atoms with Gasteiger partial charge in [0.2, 0.25) is 0 Å². The van der Waals surface area contributed by atoms with E-state index in [1.807, 2.05) is 0 Å². The van der Waals surface area contributed by atoms with Crippen LogP contribution in [0.25, 0.3) is 0 Å². The summed E-state index contributed by atoms with van der Waals surface area (Å²) in [5, 5.41) is 0. The first-order chi connectivity index (χ1) is 3.50. The summed E-state index contributed by atoms with van der Waals surface area (Å²) in [4.78, 5) is 0. The average Bonchev–Trinajstić information content (AvgIpc) is 1.67. The molecule has 0 amide bonds. The summed E-state index contributed by atoms with van der Waals surface area (Å²) in [5.74, 6) is 0. The first-order valence-electron chi connectivity index (χ1n) is 1.80. The van der Waals surface area contributed by atoms with Crippen molar-refractivity contribution in [3.05, 3.63) is 12.3 Å². The van der Waals surface area contributed by atoms with Crippen LogP contribution in [0.2, 0.25) is 0 Å². The number of alkyl halides is 2. The van der Waals surface area contributed by atoms with Gasteiger partial charge in [-0.15, -0.1) is 51.9 Å². The van der Waals surface area contributed by atoms with Crippen LogP contribution in [-0.2, 0) is 0 Å². The summed E-state index contributed by atoms with van der Waals surface area (Å²) < 4.78 is -0.691. The highest BCUT2D eigenvalue weighted by atomic mass is 35.7. The topological polar surface area (TPSA) is 0 Å². The zero-order chi connectivity index (χ0) is 6.78. The Labute approximate surface area is 68.8 Å². The van der Waals surface area contributed by atoms with Crippen molar-refractivity contribution in [3.63, 3.8) is 0 Å². The molecule has 0 aromatic heterocycles. The highest BCUT2D eigenvalue weighted by Crippen LogP contribution is 2.27. The van der Waals surface area contributed by atoms with Crippen molar-refractivity contribution in [2.45, 2.75) is 4.46 Å². The Kier molecular flexibility index (Phi) is 3.79. The molecule has 0 aromatic rings. The third kappa shape index (κ3) is 2.60. The number of hydrogen-bond acceptors (Lipinski definition) is 0. The molecular formula is C3H4Cl4Si. The van der Waals surface area contributed by atoms with Gasteiger partial charge in [0, 0.05) is 0 Å². The van der Waals surface area contributed by atoms with Gasteiger partial charge in [-0.1, -0.05) is 5.70 Å². The highest BCUT2D eigenvalue weighted by Gasteiger charge is 2.32. The molecule has 0 rings (SSSR count). The van der Waals surface area contributed by atoms with E-state index < -0.39 is 11.2 Å². The second-order valence-corrected chi connectivity index (χ2v) is 9.68. The standard InChI is InChI=1S/C3H4Cl4Si/c1-2-8(6,7)3(4)5/h2-3H,1H2. The van der Waals surface area contributed by atoms with Crippen molar-refractivity contribution in [1.29, 1.82) is 0 Å². The Morgan fingerprint density at radius 2 is 1.75 bits per heavy atom. The molecule has 0 aromatic carbocycles. The third-order valence-electron chi connectivity index (χ3n) is 0.563. The summed E-state index contributed by atoms with van der Waals surface area (Å²) in [7, 11) is 0. The molecule has 0 atom stereocenters. The van der Waals surface area contributed by atoms with Gasteiger partial charge >= 0.3 is 6.69 Å². The lowest BCUT2D eigenvalue weighted by atomic mass is 11.3. The van der Waals surface area contributed by atoms with E-state index >= 15 is 0 Å². The second kappa shape index (κ2) is 3.33. The molecule has 0 N–H and O–H groups in total. The first kappa shape index (κ1) is 9.12. The van der Waals surface area contributed by atoms with Crippen LogP contribution in [0.1, 0.15) is 0 Å². The normalized spacial score (nSPS) is 12.1. The predicted molar refractivity (Wildman–Crippen MR) is 43.2 cm³/mol. The third-order valence-corrected chi connectivity index (χ3v) is 7.33. The van der Waals surface area contributed by atoms with Gasteiger partial charge in [0.25, 0.3) is 0 Å². The molecule has 5 heteroatoms. The lowest BCUT2D eigenvalue weighted by Gasteiger charge is -2.10. The molecule has 8 heavy (non-hydrogen) atoms. The van der Waals surface area contributed by atoms with Gasteiger partial charge < -0.3 is 0 Å². The zero-order valence-corrected chi connectivity index (χ0v) is 7.90. The molecule has 0 aliphatic rings. The maximum Gasteiger partial charge on any atom is 0.305 e. The van der Waals surface area contributed by atoms with E-state index in [4.69, 9.17) is 45.4 Å². The van der Waals surface area contributed by atoms with E-state index in [9.17, 15) is 0 Å². The van der Waals surface area contributed by atoms with E-state index in [-0.39, 0.29) is 0 Å². The first-order valence-corrected chi connectivity index (χ1v) is 6.85. The van der Waals surface area contributed by atoms with E-state index in [0.717, 1.165) is 0 Å². The molecule has 48 valence electrons. The Bertz CT molecular complexity index is 89.3. The lowest BCUT2D eigenvalue weighted by molar-refractivity contribution is 1.86. The minimum absolute atomic E-state index is 0.691. The molecule has 0 bridgehead atoms. The van der Waals surface area contributed by atoms with Crippen molar-refractivity contribution in [2.24, 2.45) is 0 Å². The Balaban J connectivity index is 3.90. The largest absolute Gasteiger partial charge is 0.305 e. The monoisotopic (exact) mass is 208 g/mol. The van der Waals surface area contributed by atoms with Gasteiger partial charge in [-0.25, -0.2) is 0 Å². The van der Waals surface area contributed by atoms with Crippen LogP contribution in [0.15, 0.2) is 12.3 Å². The van der Waals surface area contributed by atoms with E-state index in [1.54, 1.807) is 0 Å². The molecule has 0 aliphatic heterocycles. The van der Waals surface area contributed by atoms with E-state index in [1.165, 1.54) is 5.70 Å². The van der Waals surface area contributed by atoms with Gasteiger partial charge in [-0.3, -0.25) is 0 Å². The van der Waals surface area contributed by atoms with Crippen molar-refractivity contribution in [2.75, 3.05) is 0 Å². The van der Waals surface area contributed by atoms with Crippen LogP contribution in [-0.4, -0.2) is 11.2 Å². The van der Waals surface area contributed by atoms with Gasteiger partial charge in [-0.2, -0.15) is 0 Å². The van der Waals surface area contributed by atoms with Crippen molar-refractivity contribution >= 4 is 52.1 Å². The SMILES string of the molecule is C=C[Si](Cl)(Cl)C(Cl)Cl. The molecule has 0 unspecified atom stereocenters. The quantitative estimate of drug-likeness (QED) is 0.373. The summed E-state index contributed by atoms with van der Waals surface area (Å²) in [5.41, 5.74) is 1.42. The van der Waals surface area contributed by atoms with E-state index in [2.05, 4.69) is 6.58 Å². The highest BCUT2D eigenvalue weighted by molar-refractivity contribution is 7.51. The smallest absolute Gasteiger partial charge is 0.138 e. The minimum Gasteiger partial charge on any atom is -0.138 e. The minimum atomic E-state index is -2.52. The van der Waals surface area contributed by atoms with Crippen molar-refractivity contribution < 1.29 is 0 Å². The summed E-state index contributed by atoms with van der Waals surface area (Å²) >= 11 is 21.9. The summed E-state index contributed by atoms with van der Waals surface area (Å²) in [6, 6.07) is 0. The summed E-state index contributed by atoms with van der Waals surface area (Å²) in [6.07, 6.45) is 0. The molecule has 0 nitrogen and oxygen atoms in total. The molecule has 0 spiro atoms. The number of rotatable bonds is 2. The van der Waals surface area contributed by atoms with Crippen molar-refractivity contribution in [3.8, 4) is 0 Å². The van der Waals surface area contributed by atoms with Crippen LogP contribution in [0, 0.1) is 0 Å². The molecule has 0 saturated heterocycles. The predicted octanol–water partition coefficient (Wildman–Crippen LogP) is 2.97. The summed E-state index contributed by atoms with van der Waals surface area (Å²) in [6.45, 7) is 0.867. The Hall–Kier alpha value is 1.12. The van der Waals surface area contributed by atoms with Gasteiger partial charge in [0.05, 0.1) is 0 Å². The fraction of sp³-hybridized carbons (Fsp3) is 0.333. The van der Waals surface area contributed by atoms with Gasteiger partial charge in [0.15, 0.2) is 0 Å². The van der Waals surface area contributed by atoms with Crippen LogP contribution < -0.4 is 0 Å². The van der Waals surface area contributed by atoms with Crippen LogP contribution in [0.4, 0.5) is 0 Å². The van der Waals surface area contributed by atoms with Crippen LogP contribution in [0.3, 0.4) is 0 Å². The lowest BCUT2D eigenvalue weighted by Crippen LogP contribution is -2.25. The second-order valence-electron chi connectivity index (χ2n) is 1.18. The fourth-order valence-electron chi connectivity index (χ4n) is 0.0891. The maximum atomic E-state index is 5.58. The number of halogens is 4. The van der Waals surface area contributed by atoms with E-state index in [0.29, 0.717) is 0 Å². The molecular weight excluding hydrogens is 206 g/mol. The van der Waals surface area contributed by atoms with Crippen LogP contribution >= 0.6 is 45.4 Å².